The fourth-order valence-corrected chi connectivity index (χ4v) is 8.13. The van der Waals surface area contributed by atoms with Crippen LogP contribution in [0.2, 0.25) is 0 Å². The molecule has 0 bridgehead atoms. The molecule has 4 rings (SSSR count). The summed E-state index contributed by atoms with van der Waals surface area (Å²) in [6.07, 6.45) is 10.3. The molecule has 0 aromatic carbocycles. The largest absolute Gasteiger partial charge is 0.462 e. The number of hydrogen-bond acceptors (Lipinski definition) is 4. The average molecular weight is 403 g/mol. The summed E-state index contributed by atoms with van der Waals surface area (Å²) in [5, 5.41) is 0. The summed E-state index contributed by atoms with van der Waals surface area (Å²) in [5.41, 5.74) is 1.71. The van der Waals surface area contributed by atoms with Crippen molar-refractivity contribution in [3.05, 3.63) is 11.6 Å². The molecule has 4 nitrogen and oxygen atoms in total. The van der Waals surface area contributed by atoms with Gasteiger partial charge < -0.3 is 9.47 Å². The highest BCUT2D eigenvalue weighted by molar-refractivity contribution is 5.66. The maximum absolute atomic E-state index is 11.7. The number of fused-ring (bicyclic) bond motifs is 5. The lowest BCUT2D eigenvalue weighted by Gasteiger charge is -2.61. The second-order valence-corrected chi connectivity index (χ2v) is 11.2. The Morgan fingerprint density at radius 2 is 1.52 bits per heavy atom. The number of rotatable bonds is 2. The van der Waals surface area contributed by atoms with Crippen LogP contribution in [-0.4, -0.2) is 24.1 Å². The van der Waals surface area contributed by atoms with Crippen molar-refractivity contribution in [3.8, 4) is 0 Å². The molecule has 4 aliphatic rings. The van der Waals surface area contributed by atoms with E-state index in [9.17, 15) is 9.59 Å². The molecule has 0 N–H and O–H groups in total. The summed E-state index contributed by atoms with van der Waals surface area (Å²) in [6.45, 7) is 12.5. The van der Waals surface area contributed by atoms with Crippen molar-refractivity contribution in [1.29, 1.82) is 0 Å². The number of carbonyl (C=O) groups excluding carboxylic acids is 2. The van der Waals surface area contributed by atoms with Gasteiger partial charge >= 0.3 is 11.9 Å². The highest BCUT2D eigenvalue weighted by Crippen LogP contribution is 2.67. The van der Waals surface area contributed by atoms with E-state index in [0.29, 0.717) is 17.8 Å². The first-order chi connectivity index (χ1) is 13.5. The Labute approximate surface area is 175 Å². The van der Waals surface area contributed by atoms with Crippen LogP contribution in [0.5, 0.6) is 0 Å². The highest BCUT2D eigenvalue weighted by atomic mass is 16.5. The van der Waals surface area contributed by atoms with Crippen molar-refractivity contribution in [2.24, 2.45) is 34.0 Å². The molecule has 7 atom stereocenters. The Morgan fingerprint density at radius 3 is 2.17 bits per heavy atom. The molecule has 4 heteroatoms. The van der Waals surface area contributed by atoms with E-state index < -0.39 is 0 Å². The molecule has 0 unspecified atom stereocenters. The predicted molar refractivity (Wildman–Crippen MR) is 112 cm³/mol. The number of allylic oxidation sites excluding steroid dienone is 1. The molecule has 29 heavy (non-hydrogen) atoms. The molecular weight excluding hydrogens is 364 g/mol. The van der Waals surface area contributed by atoms with E-state index in [-0.39, 0.29) is 40.4 Å². The third kappa shape index (κ3) is 3.08. The molecule has 4 aliphatic carbocycles. The van der Waals surface area contributed by atoms with Crippen LogP contribution in [0.25, 0.3) is 0 Å². The van der Waals surface area contributed by atoms with E-state index in [1.807, 2.05) is 0 Å². The third-order valence-corrected chi connectivity index (χ3v) is 9.42. The minimum Gasteiger partial charge on any atom is -0.462 e. The van der Waals surface area contributed by atoms with Gasteiger partial charge in [-0.25, -0.2) is 0 Å². The van der Waals surface area contributed by atoms with Gasteiger partial charge in [0.2, 0.25) is 0 Å². The highest BCUT2D eigenvalue weighted by Gasteiger charge is 2.61. The zero-order valence-corrected chi connectivity index (χ0v) is 19.0. The molecule has 0 spiro atoms. The lowest BCUT2D eigenvalue weighted by Crippen LogP contribution is -2.55. The molecule has 0 saturated heterocycles. The first-order valence-corrected chi connectivity index (χ1v) is 11.6. The van der Waals surface area contributed by atoms with Gasteiger partial charge in [-0.3, -0.25) is 9.59 Å². The van der Waals surface area contributed by atoms with E-state index in [1.165, 1.54) is 25.3 Å². The normalized spacial score (nSPS) is 45.3. The van der Waals surface area contributed by atoms with Gasteiger partial charge in [0.15, 0.2) is 0 Å². The Kier molecular flexibility index (Phi) is 4.94. The Bertz CT molecular complexity index is 737. The molecule has 0 aromatic heterocycles. The molecule has 0 aliphatic heterocycles. The van der Waals surface area contributed by atoms with Gasteiger partial charge in [0.05, 0.1) is 0 Å². The van der Waals surface area contributed by atoms with Crippen molar-refractivity contribution in [2.75, 3.05) is 0 Å². The standard InChI is InChI=1S/C25H38O4/c1-15(26)28-21-12-14-24(5)19-11-13-25(6)18(8-10-22(25)29-16(2)27)17(19)7-9-20(24)23(21,3)4/h9,17-19,21-22H,7-8,10-14H2,1-6H3/t17-,18-,19-,21-,22-,24-,25-/m0/s1. The Hall–Kier alpha value is -1.32. The zero-order chi connectivity index (χ0) is 21.2. The van der Waals surface area contributed by atoms with Crippen LogP contribution in [-0.2, 0) is 19.1 Å². The van der Waals surface area contributed by atoms with Crippen LogP contribution in [0.4, 0.5) is 0 Å². The smallest absolute Gasteiger partial charge is 0.302 e. The van der Waals surface area contributed by atoms with Crippen molar-refractivity contribution in [3.63, 3.8) is 0 Å². The number of hydrogen-bond donors (Lipinski definition) is 0. The summed E-state index contributed by atoms with van der Waals surface area (Å²) in [5.74, 6) is 1.67. The second-order valence-electron chi connectivity index (χ2n) is 11.2. The lowest BCUT2D eigenvalue weighted by molar-refractivity contribution is -0.160. The topological polar surface area (TPSA) is 52.6 Å². The van der Waals surface area contributed by atoms with E-state index in [4.69, 9.17) is 9.47 Å². The molecule has 0 amide bonds. The zero-order valence-electron chi connectivity index (χ0n) is 19.0. The van der Waals surface area contributed by atoms with Gasteiger partial charge in [0.25, 0.3) is 0 Å². The molecular formula is C25H38O4. The van der Waals surface area contributed by atoms with Crippen LogP contribution in [0.1, 0.15) is 86.5 Å². The Balaban J connectivity index is 1.63. The fraction of sp³-hybridized carbons (Fsp3) is 0.840. The lowest BCUT2D eigenvalue weighted by atomic mass is 9.45. The number of ether oxygens (including phenoxy) is 2. The quantitative estimate of drug-likeness (QED) is 0.455. The maximum atomic E-state index is 11.7. The second kappa shape index (κ2) is 6.85. The van der Waals surface area contributed by atoms with E-state index in [2.05, 4.69) is 33.8 Å². The van der Waals surface area contributed by atoms with Crippen molar-refractivity contribution >= 4 is 11.9 Å². The van der Waals surface area contributed by atoms with E-state index in [1.54, 1.807) is 6.92 Å². The van der Waals surface area contributed by atoms with Crippen LogP contribution < -0.4 is 0 Å². The number of esters is 2. The van der Waals surface area contributed by atoms with Crippen LogP contribution in [0.3, 0.4) is 0 Å². The van der Waals surface area contributed by atoms with Crippen LogP contribution >= 0.6 is 0 Å². The van der Waals surface area contributed by atoms with E-state index >= 15 is 0 Å². The summed E-state index contributed by atoms with van der Waals surface area (Å²) < 4.78 is 11.5. The first kappa shape index (κ1) is 20.9. The van der Waals surface area contributed by atoms with Crippen molar-refractivity contribution in [1.82, 2.24) is 0 Å². The van der Waals surface area contributed by atoms with Crippen molar-refractivity contribution < 1.29 is 19.1 Å². The van der Waals surface area contributed by atoms with Gasteiger partial charge in [0, 0.05) is 24.7 Å². The minimum absolute atomic E-state index is 0.0236. The summed E-state index contributed by atoms with van der Waals surface area (Å²) in [7, 11) is 0. The SMILES string of the molecule is CC(=O)O[C@H]1CC[C@]2(C)C(=CC[C@H]3[C@@H]4CC[C@H](OC(C)=O)[C@@]4(C)CC[C@@H]32)C1(C)C. The fourth-order valence-electron chi connectivity index (χ4n) is 8.13. The Morgan fingerprint density at radius 1 is 0.862 bits per heavy atom. The van der Waals surface area contributed by atoms with Gasteiger partial charge in [-0.2, -0.15) is 0 Å². The predicted octanol–water partition coefficient (Wildman–Crippen LogP) is 5.45. The maximum Gasteiger partial charge on any atom is 0.302 e. The first-order valence-electron chi connectivity index (χ1n) is 11.6. The minimum atomic E-state index is -0.170. The molecule has 0 heterocycles. The monoisotopic (exact) mass is 402 g/mol. The number of carbonyl (C=O) groups is 2. The molecule has 3 saturated carbocycles. The van der Waals surface area contributed by atoms with Gasteiger partial charge in [0.1, 0.15) is 12.2 Å². The molecule has 0 radical (unpaired) electrons. The van der Waals surface area contributed by atoms with Gasteiger partial charge in [-0.15, -0.1) is 0 Å². The average Bonchev–Trinajstić information content (AvgIpc) is 2.93. The van der Waals surface area contributed by atoms with Gasteiger partial charge in [-0.1, -0.05) is 39.3 Å². The van der Waals surface area contributed by atoms with E-state index in [0.717, 1.165) is 32.1 Å². The summed E-state index contributed by atoms with van der Waals surface area (Å²) in [4.78, 5) is 23.3. The summed E-state index contributed by atoms with van der Waals surface area (Å²) in [6, 6.07) is 0. The van der Waals surface area contributed by atoms with Gasteiger partial charge in [-0.05, 0) is 68.1 Å². The third-order valence-electron chi connectivity index (χ3n) is 9.42. The van der Waals surface area contributed by atoms with Crippen molar-refractivity contribution in [2.45, 2.75) is 98.7 Å². The molecule has 162 valence electrons. The molecule has 3 fully saturated rings. The van der Waals surface area contributed by atoms with Crippen LogP contribution in [0.15, 0.2) is 11.6 Å². The molecule has 0 aromatic rings. The van der Waals surface area contributed by atoms with Crippen LogP contribution in [0, 0.1) is 34.0 Å². The summed E-state index contributed by atoms with van der Waals surface area (Å²) >= 11 is 0.